The molecule has 0 aromatic heterocycles. The largest absolute Gasteiger partial charge is 0.417 e. The van der Waals surface area contributed by atoms with Crippen LogP contribution in [0.1, 0.15) is 31.9 Å². The Morgan fingerprint density at radius 3 is 2.10 bits per heavy atom. The van der Waals surface area contributed by atoms with E-state index in [0.717, 1.165) is 17.0 Å². The molecule has 0 saturated heterocycles. The summed E-state index contributed by atoms with van der Waals surface area (Å²) in [5, 5.41) is 2.53. The van der Waals surface area contributed by atoms with Crippen molar-refractivity contribution in [3.8, 4) is 0 Å². The van der Waals surface area contributed by atoms with Crippen molar-refractivity contribution in [3.05, 3.63) is 94.0 Å². The average Bonchev–Trinajstić information content (AvgIpc) is 2.90. The van der Waals surface area contributed by atoms with Gasteiger partial charge in [0, 0.05) is 17.6 Å². The maximum Gasteiger partial charge on any atom is 0.417 e. The van der Waals surface area contributed by atoms with Crippen molar-refractivity contribution in [1.82, 2.24) is 10.2 Å². The summed E-state index contributed by atoms with van der Waals surface area (Å²) in [6.45, 7) is 3.96. The van der Waals surface area contributed by atoms with Gasteiger partial charge in [-0.25, -0.2) is 8.42 Å². The van der Waals surface area contributed by atoms with E-state index in [0.29, 0.717) is 21.0 Å². The lowest BCUT2D eigenvalue weighted by Gasteiger charge is -2.32. The Hall–Kier alpha value is -3.28. The van der Waals surface area contributed by atoms with Crippen LogP contribution in [0.25, 0.3) is 0 Å². The van der Waals surface area contributed by atoms with Crippen molar-refractivity contribution in [1.29, 1.82) is 0 Å². The quantitative estimate of drug-likeness (QED) is 0.291. The van der Waals surface area contributed by atoms with Gasteiger partial charge < -0.3 is 10.2 Å². The fraction of sp³-hybridized carbons (Fsp3) is 0.286. The zero-order valence-corrected chi connectivity index (χ0v) is 24.7. The van der Waals surface area contributed by atoms with Gasteiger partial charge in [0.2, 0.25) is 11.8 Å². The number of halogens is 5. The van der Waals surface area contributed by atoms with E-state index in [9.17, 15) is 31.2 Å². The fourth-order valence-electron chi connectivity index (χ4n) is 3.91. The standard InChI is InChI=1S/C28H28Cl2F3N3O4S/c1-18(2)34-27(38)19(3)35(16-20-9-11-21(29)12-10-20)26(37)17-36(41(39,40)23-7-5-4-6-8-23)22-13-14-25(30)24(15-22)28(31,32)33/h4-15,18-19H,16-17H2,1-3H3,(H,34,38)/t19-/m0/s1. The smallest absolute Gasteiger partial charge is 0.352 e. The minimum atomic E-state index is -4.89. The number of sulfonamides is 1. The summed E-state index contributed by atoms with van der Waals surface area (Å²) in [5.41, 5.74) is -1.10. The first-order valence-corrected chi connectivity index (χ1v) is 14.6. The van der Waals surface area contributed by atoms with Gasteiger partial charge in [-0.1, -0.05) is 53.5 Å². The van der Waals surface area contributed by atoms with Gasteiger partial charge in [-0.05, 0) is 68.8 Å². The molecule has 13 heteroatoms. The molecule has 3 aromatic carbocycles. The number of nitrogens with one attached hydrogen (secondary N) is 1. The summed E-state index contributed by atoms with van der Waals surface area (Å²) in [6, 6.07) is 14.7. The number of rotatable bonds is 10. The van der Waals surface area contributed by atoms with Crippen LogP contribution in [0.3, 0.4) is 0 Å². The minimum Gasteiger partial charge on any atom is -0.352 e. The van der Waals surface area contributed by atoms with E-state index in [-0.39, 0.29) is 17.5 Å². The Morgan fingerprint density at radius 2 is 1.54 bits per heavy atom. The average molecular weight is 631 g/mol. The highest BCUT2D eigenvalue weighted by molar-refractivity contribution is 7.92. The lowest BCUT2D eigenvalue weighted by atomic mass is 10.1. The van der Waals surface area contributed by atoms with Gasteiger partial charge in [-0.2, -0.15) is 13.2 Å². The number of hydrogen-bond acceptors (Lipinski definition) is 4. The van der Waals surface area contributed by atoms with E-state index in [2.05, 4.69) is 5.32 Å². The third kappa shape index (κ3) is 8.15. The molecule has 1 N–H and O–H groups in total. The molecular formula is C28H28Cl2F3N3O4S. The molecule has 2 amide bonds. The Bertz CT molecular complexity index is 1490. The summed E-state index contributed by atoms with van der Waals surface area (Å²) in [6.07, 6.45) is -4.89. The molecule has 0 saturated carbocycles. The van der Waals surface area contributed by atoms with E-state index in [4.69, 9.17) is 23.2 Å². The second-order valence-electron chi connectivity index (χ2n) is 9.47. The SMILES string of the molecule is CC(C)NC(=O)[C@H](C)N(Cc1ccc(Cl)cc1)C(=O)CN(c1ccc(Cl)c(C(F)(F)F)c1)S(=O)(=O)c1ccccc1. The molecule has 7 nitrogen and oxygen atoms in total. The van der Waals surface area contributed by atoms with Crippen LogP contribution in [0, 0.1) is 0 Å². The van der Waals surface area contributed by atoms with Crippen molar-refractivity contribution in [2.24, 2.45) is 0 Å². The highest BCUT2D eigenvalue weighted by Gasteiger charge is 2.37. The number of amides is 2. The van der Waals surface area contributed by atoms with Gasteiger partial charge >= 0.3 is 6.18 Å². The highest BCUT2D eigenvalue weighted by atomic mass is 35.5. The highest BCUT2D eigenvalue weighted by Crippen LogP contribution is 2.38. The lowest BCUT2D eigenvalue weighted by Crippen LogP contribution is -2.52. The second-order valence-corrected chi connectivity index (χ2v) is 12.2. The summed E-state index contributed by atoms with van der Waals surface area (Å²) in [5.74, 6) is -1.32. The van der Waals surface area contributed by atoms with Crippen LogP contribution in [0.2, 0.25) is 10.0 Å². The van der Waals surface area contributed by atoms with Gasteiger partial charge in [0.05, 0.1) is 21.2 Å². The van der Waals surface area contributed by atoms with Crippen LogP contribution in [0.5, 0.6) is 0 Å². The molecule has 0 bridgehead atoms. The molecule has 0 aliphatic heterocycles. The Kier molecular flexibility index (Phi) is 10.3. The van der Waals surface area contributed by atoms with Gasteiger partial charge in [-0.15, -0.1) is 0 Å². The molecule has 220 valence electrons. The topological polar surface area (TPSA) is 86.8 Å². The Morgan fingerprint density at radius 1 is 0.927 bits per heavy atom. The molecule has 0 heterocycles. The van der Waals surface area contributed by atoms with Crippen molar-refractivity contribution in [3.63, 3.8) is 0 Å². The molecule has 3 aromatic rings. The van der Waals surface area contributed by atoms with Gasteiger partial charge in [0.25, 0.3) is 10.0 Å². The predicted molar refractivity (Wildman–Crippen MR) is 152 cm³/mol. The maximum absolute atomic E-state index is 13.8. The number of carbonyl (C=O) groups excluding carboxylic acids is 2. The predicted octanol–water partition coefficient (Wildman–Crippen LogP) is 6.15. The summed E-state index contributed by atoms with van der Waals surface area (Å²) >= 11 is 11.7. The van der Waals surface area contributed by atoms with E-state index in [1.165, 1.54) is 31.2 Å². The zero-order chi connectivity index (χ0) is 30.5. The number of carbonyl (C=O) groups is 2. The number of nitrogens with zero attached hydrogens (tertiary/aromatic N) is 2. The van der Waals surface area contributed by atoms with Crippen molar-refractivity contribution in [2.75, 3.05) is 10.8 Å². The van der Waals surface area contributed by atoms with Crippen LogP contribution >= 0.6 is 23.2 Å². The normalized spacial score (nSPS) is 12.6. The number of alkyl halides is 3. The molecule has 0 radical (unpaired) electrons. The summed E-state index contributed by atoms with van der Waals surface area (Å²) in [4.78, 5) is 27.7. The summed E-state index contributed by atoms with van der Waals surface area (Å²) < 4.78 is 69.1. The molecule has 0 fully saturated rings. The lowest BCUT2D eigenvalue weighted by molar-refractivity contribution is -0.139. The molecule has 0 aliphatic rings. The summed E-state index contributed by atoms with van der Waals surface area (Å²) in [7, 11) is -4.54. The zero-order valence-electron chi connectivity index (χ0n) is 22.3. The molecule has 1 atom stereocenters. The van der Waals surface area contributed by atoms with E-state index in [1.807, 2.05) is 0 Å². The van der Waals surface area contributed by atoms with Crippen LogP contribution in [0.4, 0.5) is 18.9 Å². The van der Waals surface area contributed by atoms with Gasteiger partial charge in [0.1, 0.15) is 12.6 Å². The molecule has 0 unspecified atom stereocenters. The first-order valence-electron chi connectivity index (χ1n) is 12.4. The molecule has 41 heavy (non-hydrogen) atoms. The third-order valence-electron chi connectivity index (χ3n) is 6.02. The molecule has 3 rings (SSSR count). The monoisotopic (exact) mass is 629 g/mol. The molecular weight excluding hydrogens is 602 g/mol. The van der Waals surface area contributed by atoms with Crippen LogP contribution in [-0.4, -0.2) is 43.8 Å². The minimum absolute atomic E-state index is 0.101. The first-order chi connectivity index (χ1) is 19.1. The van der Waals surface area contributed by atoms with Crippen LogP contribution in [-0.2, 0) is 32.3 Å². The van der Waals surface area contributed by atoms with Crippen molar-refractivity contribution < 1.29 is 31.2 Å². The van der Waals surface area contributed by atoms with Gasteiger partial charge in [-0.3, -0.25) is 13.9 Å². The Balaban J connectivity index is 2.10. The number of benzene rings is 3. The molecule has 0 spiro atoms. The van der Waals surface area contributed by atoms with Gasteiger partial charge in [0.15, 0.2) is 0 Å². The van der Waals surface area contributed by atoms with E-state index in [1.54, 1.807) is 44.2 Å². The van der Waals surface area contributed by atoms with Crippen molar-refractivity contribution >= 4 is 50.7 Å². The fourth-order valence-corrected chi connectivity index (χ4v) is 5.69. The maximum atomic E-state index is 13.8. The number of hydrogen-bond donors (Lipinski definition) is 1. The van der Waals surface area contributed by atoms with E-state index >= 15 is 0 Å². The van der Waals surface area contributed by atoms with Crippen LogP contribution in [0.15, 0.2) is 77.7 Å². The second kappa shape index (κ2) is 13.1. The number of anilines is 1. The van der Waals surface area contributed by atoms with Crippen LogP contribution < -0.4 is 9.62 Å². The first kappa shape index (κ1) is 32.2. The third-order valence-corrected chi connectivity index (χ3v) is 8.39. The van der Waals surface area contributed by atoms with E-state index < -0.39 is 56.9 Å². The molecule has 0 aliphatic carbocycles. The van der Waals surface area contributed by atoms with Crippen molar-refractivity contribution in [2.45, 2.75) is 50.5 Å². The Labute approximate surface area is 246 Å².